The second-order valence-corrected chi connectivity index (χ2v) is 5.24. The van der Waals surface area contributed by atoms with Crippen LogP contribution in [0.3, 0.4) is 0 Å². The third kappa shape index (κ3) is 6.94. The summed E-state index contributed by atoms with van der Waals surface area (Å²) in [4.78, 5) is 0.982. The Bertz CT molecular complexity index is 533. The van der Waals surface area contributed by atoms with Crippen molar-refractivity contribution in [1.82, 2.24) is 0 Å². The summed E-state index contributed by atoms with van der Waals surface area (Å²) in [5.41, 5.74) is 0. The molecule has 1 unspecified atom stereocenters. The van der Waals surface area contributed by atoms with Crippen LogP contribution in [0.5, 0.6) is 11.5 Å². The molecule has 0 aromatic heterocycles. The third-order valence-electron chi connectivity index (χ3n) is 2.02. The summed E-state index contributed by atoms with van der Waals surface area (Å²) >= 11 is 4.75. The molecule has 2 rings (SSSR count). The smallest absolute Gasteiger partial charge is 0.776 e. The summed E-state index contributed by atoms with van der Waals surface area (Å²) in [6.07, 6.45) is 1.55. The van der Waals surface area contributed by atoms with Gasteiger partial charge in [0, 0.05) is 22.0 Å². The molecule has 0 aliphatic carbocycles. The van der Waals surface area contributed by atoms with Crippen LogP contribution in [-0.2, 0) is 23.4 Å². The van der Waals surface area contributed by atoms with Gasteiger partial charge in [-0.1, -0.05) is 24.3 Å². The molecule has 6 heteroatoms. The molecule has 0 spiro atoms. The van der Waals surface area contributed by atoms with Crippen molar-refractivity contribution in [2.75, 3.05) is 6.26 Å². The molecular weight excluding hydrogens is 291 g/mol. The maximum Gasteiger partial charge on any atom is 1.00 e. The van der Waals surface area contributed by atoms with Gasteiger partial charge in [-0.25, -0.2) is 0 Å². The number of phenols is 2. The van der Waals surface area contributed by atoms with Crippen LogP contribution in [0.4, 0.5) is 0 Å². The normalized spacial score (nSPS) is 10.6. The molecule has 96 valence electrons. The molecule has 0 aliphatic rings. The molecule has 0 fully saturated rings. The van der Waals surface area contributed by atoms with Gasteiger partial charge >= 0.3 is 29.6 Å². The second kappa shape index (κ2) is 9.34. The fourth-order valence-corrected chi connectivity index (χ4v) is 1.77. The topological polar surface area (TPSA) is 57.5 Å². The first-order chi connectivity index (χ1) is 8.50. The van der Waals surface area contributed by atoms with Gasteiger partial charge in [0.2, 0.25) is 0 Å². The monoisotopic (exact) mass is 304 g/mol. The van der Waals surface area contributed by atoms with E-state index in [1.165, 1.54) is 6.07 Å². The van der Waals surface area contributed by atoms with Crippen LogP contribution in [0.15, 0.2) is 58.3 Å². The van der Waals surface area contributed by atoms with E-state index in [2.05, 4.69) is 0 Å². The van der Waals surface area contributed by atoms with Crippen molar-refractivity contribution >= 4 is 23.4 Å². The molecule has 0 radical (unpaired) electrons. The van der Waals surface area contributed by atoms with Gasteiger partial charge in [0.05, 0.1) is 5.75 Å². The zero-order valence-electron chi connectivity index (χ0n) is 10.7. The van der Waals surface area contributed by atoms with E-state index >= 15 is 0 Å². The van der Waals surface area contributed by atoms with E-state index in [1.807, 2.05) is 6.07 Å². The molecule has 0 saturated heterocycles. The Morgan fingerprint density at radius 2 is 1.63 bits per heavy atom. The number of rotatable bonds is 1. The van der Waals surface area contributed by atoms with Crippen molar-refractivity contribution in [1.29, 1.82) is 0 Å². The maximum atomic E-state index is 10.9. The Hall–Kier alpha value is -0.590. The van der Waals surface area contributed by atoms with Gasteiger partial charge in [-0.15, -0.1) is 4.90 Å². The largest absolute Gasteiger partial charge is 1.00 e. The molecule has 0 bridgehead atoms. The number of phenolic OH excluding ortho intramolecular Hbond substituents is 2. The minimum Gasteiger partial charge on any atom is -0.776 e. The molecule has 3 nitrogen and oxygen atoms in total. The summed E-state index contributed by atoms with van der Waals surface area (Å²) in [7, 11) is -1.05. The van der Waals surface area contributed by atoms with Crippen LogP contribution in [-0.4, -0.2) is 20.7 Å². The molecule has 2 N–H and O–H groups in total. The summed E-state index contributed by atoms with van der Waals surface area (Å²) in [5, 5.41) is 17.7. The van der Waals surface area contributed by atoms with E-state index in [1.54, 1.807) is 42.7 Å². The summed E-state index contributed by atoms with van der Waals surface area (Å²) in [6.45, 7) is 0. The number of hydrogen-bond acceptors (Lipinski definition) is 4. The molecule has 0 heterocycles. The number of benzene rings is 2. The molecule has 0 aliphatic heterocycles. The van der Waals surface area contributed by atoms with E-state index < -0.39 is 10.8 Å². The van der Waals surface area contributed by atoms with E-state index in [0.717, 1.165) is 0 Å². The van der Waals surface area contributed by atoms with Gasteiger partial charge in [0.25, 0.3) is 0 Å². The first kappa shape index (κ1) is 18.4. The van der Waals surface area contributed by atoms with Crippen molar-refractivity contribution in [2.45, 2.75) is 9.79 Å². The van der Waals surface area contributed by atoms with E-state index in [9.17, 15) is 4.21 Å². The Balaban J connectivity index is 0.000000352. The molecule has 0 saturated carbocycles. The van der Waals surface area contributed by atoms with Crippen LogP contribution in [0.25, 0.3) is 0 Å². The minimum absolute atomic E-state index is 0. The minimum atomic E-state index is -1.05. The molecule has 2 aromatic rings. The predicted molar refractivity (Wildman–Crippen MR) is 74.2 cm³/mol. The Labute approximate surface area is 142 Å². The van der Waals surface area contributed by atoms with Crippen LogP contribution < -0.4 is 29.6 Å². The molecule has 0 amide bonds. The second-order valence-electron chi connectivity index (χ2n) is 3.42. The fraction of sp³-hybridized carbons (Fsp3) is 0.0769. The van der Waals surface area contributed by atoms with Gasteiger partial charge in [-0.3, -0.25) is 4.21 Å². The zero-order valence-corrected chi connectivity index (χ0v) is 14.4. The fourth-order valence-electron chi connectivity index (χ4n) is 1.10. The SMILES string of the molecule is CS(=O)c1ccc([S-])c(O)c1.Oc1ccccc1.[Na+]. The predicted octanol–water partition coefficient (Wildman–Crippen LogP) is -0.568. The van der Waals surface area contributed by atoms with Crippen LogP contribution in [0.1, 0.15) is 0 Å². The Morgan fingerprint density at radius 3 is 2.00 bits per heavy atom. The molecule has 19 heavy (non-hydrogen) atoms. The number of para-hydroxylation sites is 1. The van der Waals surface area contributed by atoms with Gasteiger partial charge in [-0.05, 0) is 24.3 Å². The van der Waals surface area contributed by atoms with Gasteiger partial charge in [0.1, 0.15) is 5.75 Å². The van der Waals surface area contributed by atoms with Crippen molar-refractivity contribution in [3.05, 3.63) is 48.5 Å². The number of hydrogen-bond donors (Lipinski definition) is 2. The van der Waals surface area contributed by atoms with Crippen molar-refractivity contribution in [3.8, 4) is 11.5 Å². The standard InChI is InChI=1S/C7H8O2S2.C6H6O.Na/c1-11(9)5-2-3-7(10)6(8)4-5;7-6-4-2-1-3-5-6;/h2-4,8,10H,1H3;1-5,7H;/q;;+1/p-1. The average Bonchev–Trinajstić information content (AvgIpc) is 2.34. The molecule has 2 aromatic carbocycles. The molecule has 1 atom stereocenters. The Kier molecular flexibility index (Phi) is 9.05. The quantitative estimate of drug-likeness (QED) is 0.547. The van der Waals surface area contributed by atoms with Crippen molar-refractivity contribution in [2.24, 2.45) is 0 Å². The number of aromatic hydroxyl groups is 2. The van der Waals surface area contributed by atoms with Crippen molar-refractivity contribution < 1.29 is 44.0 Å². The summed E-state index contributed by atoms with van der Waals surface area (Å²) in [6, 6.07) is 13.4. The van der Waals surface area contributed by atoms with Crippen LogP contribution in [0, 0.1) is 0 Å². The van der Waals surface area contributed by atoms with Crippen LogP contribution >= 0.6 is 0 Å². The van der Waals surface area contributed by atoms with Gasteiger partial charge < -0.3 is 22.8 Å². The van der Waals surface area contributed by atoms with Gasteiger partial charge in [-0.2, -0.15) is 0 Å². The zero-order chi connectivity index (χ0) is 13.5. The third-order valence-corrected chi connectivity index (χ3v) is 3.28. The van der Waals surface area contributed by atoms with E-state index in [4.69, 9.17) is 22.8 Å². The average molecular weight is 304 g/mol. The van der Waals surface area contributed by atoms with E-state index in [0.29, 0.717) is 15.5 Å². The maximum absolute atomic E-state index is 10.9. The Morgan fingerprint density at radius 1 is 1.05 bits per heavy atom. The summed E-state index contributed by atoms with van der Waals surface area (Å²) in [5.74, 6) is 0.343. The first-order valence-electron chi connectivity index (χ1n) is 5.08. The summed E-state index contributed by atoms with van der Waals surface area (Å²) < 4.78 is 10.9. The molecular formula is C13H13NaO3S2. The first-order valence-corrected chi connectivity index (χ1v) is 7.05. The van der Waals surface area contributed by atoms with Gasteiger partial charge in [0.15, 0.2) is 0 Å². The van der Waals surface area contributed by atoms with Crippen molar-refractivity contribution in [3.63, 3.8) is 0 Å². The van der Waals surface area contributed by atoms with E-state index in [-0.39, 0.29) is 35.3 Å². The van der Waals surface area contributed by atoms with Crippen LogP contribution in [0.2, 0.25) is 0 Å².